The van der Waals surface area contributed by atoms with Crippen LogP contribution in [-0.2, 0) is 14.3 Å². The summed E-state index contributed by atoms with van der Waals surface area (Å²) in [6.07, 6.45) is 2.16. The van der Waals surface area contributed by atoms with Crippen LogP contribution in [-0.4, -0.2) is 37.8 Å². The van der Waals surface area contributed by atoms with Gasteiger partial charge in [-0.15, -0.1) is 0 Å². The van der Waals surface area contributed by atoms with Gasteiger partial charge in [-0.05, 0) is 49.2 Å². The van der Waals surface area contributed by atoms with E-state index < -0.39 is 18.5 Å². The van der Waals surface area contributed by atoms with Gasteiger partial charge in [0.25, 0.3) is 5.91 Å². The summed E-state index contributed by atoms with van der Waals surface area (Å²) in [5.74, 6) is -0.524. The van der Waals surface area contributed by atoms with Gasteiger partial charge >= 0.3 is 5.97 Å². The maximum Gasteiger partial charge on any atom is 0.338 e. The van der Waals surface area contributed by atoms with Crippen molar-refractivity contribution in [3.8, 4) is 5.75 Å². The second kappa shape index (κ2) is 9.78. The molecular formula is C20H19Cl2NO5. The van der Waals surface area contributed by atoms with Crippen molar-refractivity contribution < 1.29 is 23.8 Å². The Bertz CT molecular complexity index is 815. The number of benzene rings is 2. The normalized spacial score (nSPS) is 15.9. The van der Waals surface area contributed by atoms with Crippen LogP contribution in [0.15, 0.2) is 42.5 Å². The lowest BCUT2D eigenvalue weighted by atomic mass is 10.2. The number of halogens is 2. The molecule has 0 radical (unpaired) electrons. The van der Waals surface area contributed by atoms with Gasteiger partial charge in [0.2, 0.25) is 0 Å². The van der Waals surface area contributed by atoms with E-state index in [0.29, 0.717) is 28.0 Å². The fourth-order valence-corrected chi connectivity index (χ4v) is 3.15. The van der Waals surface area contributed by atoms with Gasteiger partial charge in [0, 0.05) is 6.61 Å². The Labute approximate surface area is 172 Å². The monoisotopic (exact) mass is 423 g/mol. The lowest BCUT2D eigenvalue weighted by Gasteiger charge is -2.12. The van der Waals surface area contributed by atoms with Crippen molar-refractivity contribution in [2.45, 2.75) is 18.9 Å². The largest absolute Gasteiger partial charge is 0.491 e. The number of hydrogen-bond donors (Lipinski definition) is 1. The summed E-state index contributed by atoms with van der Waals surface area (Å²) in [4.78, 5) is 24.1. The van der Waals surface area contributed by atoms with Crippen molar-refractivity contribution >= 4 is 40.8 Å². The highest BCUT2D eigenvalue weighted by molar-refractivity contribution is 6.39. The third-order valence-electron chi connectivity index (χ3n) is 4.11. The highest BCUT2D eigenvalue weighted by Crippen LogP contribution is 2.29. The Balaban J connectivity index is 1.47. The van der Waals surface area contributed by atoms with E-state index in [1.807, 2.05) is 0 Å². The molecule has 1 fully saturated rings. The minimum atomic E-state index is -0.619. The first kappa shape index (κ1) is 20.5. The lowest BCUT2D eigenvalue weighted by Crippen LogP contribution is -2.21. The first-order valence-corrected chi connectivity index (χ1v) is 9.54. The second-order valence-electron chi connectivity index (χ2n) is 6.19. The first-order chi connectivity index (χ1) is 13.5. The van der Waals surface area contributed by atoms with Crippen LogP contribution in [0, 0.1) is 0 Å². The minimum absolute atomic E-state index is 0.120. The smallest absolute Gasteiger partial charge is 0.338 e. The van der Waals surface area contributed by atoms with Crippen LogP contribution < -0.4 is 10.1 Å². The maximum absolute atomic E-state index is 12.1. The van der Waals surface area contributed by atoms with Crippen molar-refractivity contribution in [1.82, 2.24) is 0 Å². The van der Waals surface area contributed by atoms with E-state index >= 15 is 0 Å². The van der Waals surface area contributed by atoms with Crippen molar-refractivity contribution in [2.24, 2.45) is 0 Å². The van der Waals surface area contributed by atoms with Crippen LogP contribution in [0.4, 0.5) is 5.69 Å². The summed E-state index contributed by atoms with van der Waals surface area (Å²) in [6, 6.07) is 11.4. The third-order valence-corrected chi connectivity index (χ3v) is 4.74. The van der Waals surface area contributed by atoms with Gasteiger partial charge in [0.15, 0.2) is 6.61 Å². The molecule has 3 rings (SSSR count). The van der Waals surface area contributed by atoms with Crippen LogP contribution in [0.3, 0.4) is 0 Å². The molecule has 1 aliphatic rings. The molecule has 1 atom stereocenters. The molecule has 1 N–H and O–H groups in total. The summed E-state index contributed by atoms with van der Waals surface area (Å²) < 4.78 is 16.2. The summed E-state index contributed by atoms with van der Waals surface area (Å²) in [5.41, 5.74) is 0.590. The van der Waals surface area contributed by atoms with Crippen LogP contribution in [0.2, 0.25) is 10.0 Å². The molecule has 0 spiro atoms. The summed E-state index contributed by atoms with van der Waals surface area (Å²) in [7, 11) is 0. The Hall–Kier alpha value is -2.28. The zero-order chi connectivity index (χ0) is 19.9. The molecule has 0 bridgehead atoms. The van der Waals surface area contributed by atoms with E-state index in [1.165, 1.54) is 0 Å². The Morgan fingerprint density at radius 3 is 2.46 bits per heavy atom. The van der Waals surface area contributed by atoms with Crippen molar-refractivity contribution in [3.05, 3.63) is 58.1 Å². The van der Waals surface area contributed by atoms with Crippen molar-refractivity contribution in [1.29, 1.82) is 0 Å². The number of amides is 1. The van der Waals surface area contributed by atoms with Gasteiger partial charge in [-0.1, -0.05) is 29.3 Å². The molecule has 0 saturated carbocycles. The molecule has 0 aromatic heterocycles. The van der Waals surface area contributed by atoms with Gasteiger partial charge in [-0.3, -0.25) is 4.79 Å². The molecule has 8 heteroatoms. The number of carbonyl (C=O) groups excluding carboxylic acids is 2. The molecule has 1 heterocycles. The minimum Gasteiger partial charge on any atom is -0.491 e. The lowest BCUT2D eigenvalue weighted by molar-refractivity contribution is -0.119. The Morgan fingerprint density at radius 2 is 1.82 bits per heavy atom. The van der Waals surface area contributed by atoms with E-state index in [2.05, 4.69) is 5.32 Å². The molecule has 1 aliphatic heterocycles. The zero-order valence-electron chi connectivity index (χ0n) is 15.0. The predicted molar refractivity (Wildman–Crippen MR) is 106 cm³/mol. The quantitative estimate of drug-likeness (QED) is 0.670. The van der Waals surface area contributed by atoms with Gasteiger partial charge in [-0.25, -0.2) is 4.79 Å². The van der Waals surface area contributed by atoms with E-state index in [9.17, 15) is 9.59 Å². The topological polar surface area (TPSA) is 73.9 Å². The third kappa shape index (κ3) is 5.61. The SMILES string of the molecule is O=C(COC(=O)c1ccc(OCC2CCCO2)cc1)Nc1c(Cl)cccc1Cl. The molecule has 1 amide bonds. The highest BCUT2D eigenvalue weighted by Gasteiger charge is 2.16. The molecule has 1 unspecified atom stereocenters. The predicted octanol–water partition coefficient (Wildman–Crippen LogP) is 4.35. The number of anilines is 1. The molecular weight excluding hydrogens is 405 g/mol. The van der Waals surface area contributed by atoms with Crippen LogP contribution in [0.5, 0.6) is 5.75 Å². The van der Waals surface area contributed by atoms with Crippen molar-refractivity contribution in [2.75, 3.05) is 25.1 Å². The van der Waals surface area contributed by atoms with E-state index in [1.54, 1.807) is 42.5 Å². The fraction of sp³-hybridized carbons (Fsp3) is 0.300. The van der Waals surface area contributed by atoms with E-state index in [0.717, 1.165) is 19.4 Å². The molecule has 0 aliphatic carbocycles. The standard InChI is InChI=1S/C20H19Cl2NO5/c21-16-4-1-5-17(22)19(16)23-18(24)12-28-20(25)13-6-8-14(9-7-13)27-11-15-3-2-10-26-15/h1,4-9,15H,2-3,10-12H2,(H,23,24). The summed E-state index contributed by atoms with van der Waals surface area (Å²) in [6.45, 7) is 0.793. The average molecular weight is 424 g/mol. The molecule has 1 saturated heterocycles. The maximum atomic E-state index is 12.1. The summed E-state index contributed by atoms with van der Waals surface area (Å²) in [5, 5.41) is 3.12. The average Bonchev–Trinajstić information content (AvgIpc) is 3.21. The highest BCUT2D eigenvalue weighted by atomic mass is 35.5. The number of carbonyl (C=O) groups is 2. The number of para-hydroxylation sites is 1. The molecule has 148 valence electrons. The Kier molecular flexibility index (Phi) is 7.14. The first-order valence-electron chi connectivity index (χ1n) is 8.78. The van der Waals surface area contributed by atoms with Crippen LogP contribution >= 0.6 is 23.2 Å². The van der Waals surface area contributed by atoms with E-state index in [-0.39, 0.29) is 11.8 Å². The summed E-state index contributed by atoms with van der Waals surface area (Å²) >= 11 is 12.0. The molecule has 28 heavy (non-hydrogen) atoms. The van der Waals surface area contributed by atoms with Crippen LogP contribution in [0.25, 0.3) is 0 Å². The number of ether oxygens (including phenoxy) is 3. The number of nitrogens with one attached hydrogen (secondary N) is 1. The number of hydrogen-bond acceptors (Lipinski definition) is 5. The van der Waals surface area contributed by atoms with Crippen LogP contribution in [0.1, 0.15) is 23.2 Å². The van der Waals surface area contributed by atoms with Gasteiger partial charge in [0.1, 0.15) is 12.4 Å². The molecule has 6 nitrogen and oxygen atoms in total. The van der Waals surface area contributed by atoms with Crippen molar-refractivity contribution in [3.63, 3.8) is 0 Å². The number of esters is 1. The van der Waals surface area contributed by atoms with Gasteiger partial charge in [0.05, 0.1) is 27.4 Å². The molecule has 2 aromatic carbocycles. The van der Waals surface area contributed by atoms with E-state index in [4.69, 9.17) is 37.4 Å². The zero-order valence-corrected chi connectivity index (χ0v) is 16.5. The second-order valence-corrected chi connectivity index (χ2v) is 7.01. The molecule has 2 aromatic rings. The number of rotatable bonds is 7. The Morgan fingerprint density at radius 1 is 1.11 bits per heavy atom. The van der Waals surface area contributed by atoms with Gasteiger partial charge in [-0.2, -0.15) is 0 Å². The fourth-order valence-electron chi connectivity index (χ4n) is 2.66. The van der Waals surface area contributed by atoms with Gasteiger partial charge < -0.3 is 19.5 Å².